The molecule has 112 valence electrons. The van der Waals surface area contributed by atoms with Crippen molar-refractivity contribution in [1.82, 2.24) is 4.90 Å². The van der Waals surface area contributed by atoms with E-state index in [1.54, 1.807) is 0 Å². The Bertz CT molecular complexity index is 407. The van der Waals surface area contributed by atoms with E-state index in [4.69, 9.17) is 24.6 Å². The molecule has 0 aromatic rings. The van der Waals surface area contributed by atoms with E-state index < -0.39 is 11.9 Å². The number of carboxylic acids is 2. The molecule has 2 atom stereocenters. The predicted molar refractivity (Wildman–Crippen MR) is 72.7 cm³/mol. The predicted octanol–water partition coefficient (Wildman–Crippen LogP) is 0.957. The summed E-state index contributed by atoms with van der Waals surface area (Å²) in [5, 5.41) is 18.7. The molecule has 1 saturated heterocycles. The number of carbonyl (C=O) groups is 2. The molecule has 2 unspecified atom stereocenters. The lowest BCUT2D eigenvalue weighted by Gasteiger charge is -2.29. The average molecular weight is 284 g/mol. The number of hydrogen-bond acceptors (Lipinski definition) is 5. The highest BCUT2D eigenvalue weighted by Crippen LogP contribution is 2.33. The third-order valence-corrected chi connectivity index (χ3v) is 3.44. The maximum Gasteiger partial charge on any atom is 0.414 e. The average Bonchev–Trinajstić information content (AvgIpc) is 2.63. The molecule has 2 aliphatic rings. The van der Waals surface area contributed by atoms with Gasteiger partial charge < -0.3 is 15.1 Å². The van der Waals surface area contributed by atoms with E-state index in [0.29, 0.717) is 12.6 Å². The van der Waals surface area contributed by atoms with Gasteiger partial charge in [-0.1, -0.05) is 11.2 Å². The molecular weight excluding hydrogens is 264 g/mol. The maximum atomic E-state index is 9.10. The van der Waals surface area contributed by atoms with Crippen molar-refractivity contribution in [2.75, 3.05) is 13.7 Å². The van der Waals surface area contributed by atoms with Crippen molar-refractivity contribution >= 4 is 18.2 Å². The first-order valence-electron chi connectivity index (χ1n) is 6.50. The molecule has 0 amide bonds. The summed E-state index contributed by atoms with van der Waals surface area (Å²) in [6, 6.07) is 1.35. The molecule has 1 fully saturated rings. The number of fused-ring (bicyclic) bond motifs is 2. The summed E-state index contributed by atoms with van der Waals surface area (Å²) in [4.78, 5) is 25.7. The van der Waals surface area contributed by atoms with Crippen LogP contribution in [0.1, 0.15) is 26.2 Å². The van der Waals surface area contributed by atoms with Gasteiger partial charge in [-0.05, 0) is 38.8 Å². The van der Waals surface area contributed by atoms with Gasteiger partial charge in [-0.25, -0.2) is 9.59 Å². The van der Waals surface area contributed by atoms with E-state index in [1.807, 2.05) is 13.1 Å². The Kier molecular flexibility index (Phi) is 6.17. The summed E-state index contributed by atoms with van der Waals surface area (Å²) in [5.41, 5.74) is 1.33. The van der Waals surface area contributed by atoms with Crippen LogP contribution in [0, 0.1) is 0 Å². The summed E-state index contributed by atoms with van der Waals surface area (Å²) < 4.78 is 0. The normalized spacial score (nSPS) is 24.8. The quantitative estimate of drug-likeness (QED) is 0.455. The van der Waals surface area contributed by atoms with Gasteiger partial charge in [-0.15, -0.1) is 0 Å². The zero-order chi connectivity index (χ0) is 15.1. The highest BCUT2D eigenvalue weighted by atomic mass is 16.6. The fourth-order valence-electron chi connectivity index (χ4n) is 2.42. The molecule has 0 aromatic carbocycles. The second kappa shape index (κ2) is 7.64. The first-order valence-corrected chi connectivity index (χ1v) is 6.50. The van der Waals surface area contributed by atoms with Gasteiger partial charge in [0.25, 0.3) is 0 Å². The van der Waals surface area contributed by atoms with Crippen molar-refractivity contribution in [2.45, 2.75) is 38.3 Å². The van der Waals surface area contributed by atoms with Crippen LogP contribution in [0.25, 0.3) is 0 Å². The van der Waals surface area contributed by atoms with Crippen molar-refractivity contribution in [3.05, 3.63) is 11.6 Å². The van der Waals surface area contributed by atoms with Crippen LogP contribution >= 0.6 is 0 Å². The lowest BCUT2D eigenvalue weighted by molar-refractivity contribution is -0.159. The van der Waals surface area contributed by atoms with Gasteiger partial charge in [0.2, 0.25) is 0 Å². The van der Waals surface area contributed by atoms with Gasteiger partial charge in [-0.3, -0.25) is 4.90 Å². The minimum absolute atomic E-state index is 0.581. The molecule has 7 heteroatoms. The smallest absolute Gasteiger partial charge is 0.414 e. The highest BCUT2D eigenvalue weighted by molar-refractivity contribution is 6.27. The van der Waals surface area contributed by atoms with Crippen molar-refractivity contribution in [3.63, 3.8) is 0 Å². The molecule has 0 spiro atoms. The van der Waals surface area contributed by atoms with Gasteiger partial charge in [-0.2, -0.15) is 0 Å². The Morgan fingerprint density at radius 1 is 1.45 bits per heavy atom. The van der Waals surface area contributed by atoms with Crippen molar-refractivity contribution in [1.29, 1.82) is 0 Å². The second-order valence-corrected chi connectivity index (χ2v) is 4.61. The third kappa shape index (κ3) is 4.34. The number of rotatable bonds is 3. The molecule has 2 N–H and O–H groups in total. The van der Waals surface area contributed by atoms with Gasteiger partial charge in [0.05, 0.1) is 6.21 Å². The lowest BCUT2D eigenvalue weighted by atomic mass is 10.0. The Labute approximate surface area is 117 Å². The number of aliphatic carboxylic acids is 2. The summed E-state index contributed by atoms with van der Waals surface area (Å²) in [5.74, 6) is -3.65. The molecule has 0 saturated carbocycles. The summed E-state index contributed by atoms with van der Waals surface area (Å²) >= 11 is 0. The van der Waals surface area contributed by atoms with Crippen molar-refractivity contribution in [3.8, 4) is 0 Å². The Morgan fingerprint density at radius 3 is 2.65 bits per heavy atom. The Balaban J connectivity index is 0.000000286. The van der Waals surface area contributed by atoms with Crippen molar-refractivity contribution < 1.29 is 24.6 Å². The summed E-state index contributed by atoms with van der Waals surface area (Å²) in [7, 11) is 2.21. The largest absolute Gasteiger partial charge is 0.473 e. The van der Waals surface area contributed by atoms with Crippen molar-refractivity contribution in [2.24, 2.45) is 5.16 Å². The number of oxime groups is 1. The first kappa shape index (κ1) is 16.2. The van der Waals surface area contributed by atoms with E-state index in [9.17, 15) is 0 Å². The van der Waals surface area contributed by atoms with Crippen LogP contribution in [0.4, 0.5) is 0 Å². The van der Waals surface area contributed by atoms with Crippen LogP contribution in [0.15, 0.2) is 16.8 Å². The minimum Gasteiger partial charge on any atom is -0.473 e. The SMILES string of the molecule is CCO/N=C/C1=CCC2CCC1N2C.O=C(O)C(=O)O. The van der Waals surface area contributed by atoms with E-state index >= 15 is 0 Å². The van der Waals surface area contributed by atoms with E-state index in [0.717, 1.165) is 6.04 Å². The number of hydrogen-bond donors (Lipinski definition) is 2. The molecular formula is C13H20N2O5. The summed E-state index contributed by atoms with van der Waals surface area (Å²) in [6.45, 7) is 2.59. The molecule has 2 bridgehead atoms. The molecule has 0 radical (unpaired) electrons. The first-order chi connectivity index (χ1) is 9.47. The molecule has 0 aliphatic carbocycles. The fraction of sp³-hybridized carbons (Fsp3) is 0.615. The third-order valence-electron chi connectivity index (χ3n) is 3.44. The van der Waals surface area contributed by atoms with Gasteiger partial charge in [0.15, 0.2) is 0 Å². The fourth-order valence-corrected chi connectivity index (χ4v) is 2.42. The van der Waals surface area contributed by atoms with E-state index in [-0.39, 0.29) is 0 Å². The Hall–Kier alpha value is -1.89. The molecule has 2 heterocycles. The van der Waals surface area contributed by atoms with Crippen LogP contribution in [0.2, 0.25) is 0 Å². The highest BCUT2D eigenvalue weighted by Gasteiger charge is 2.34. The number of carboxylic acid groups (broad SMARTS) is 2. The van der Waals surface area contributed by atoms with E-state index in [1.165, 1.54) is 24.8 Å². The molecule has 0 aromatic heterocycles. The van der Waals surface area contributed by atoms with Gasteiger partial charge in [0.1, 0.15) is 6.61 Å². The Morgan fingerprint density at radius 2 is 2.10 bits per heavy atom. The molecule has 7 nitrogen and oxygen atoms in total. The van der Waals surface area contributed by atoms with Crippen LogP contribution in [-0.4, -0.2) is 59.0 Å². The lowest BCUT2D eigenvalue weighted by Crippen LogP contribution is -2.36. The van der Waals surface area contributed by atoms with Crippen LogP contribution in [0.3, 0.4) is 0 Å². The maximum absolute atomic E-state index is 9.10. The topological polar surface area (TPSA) is 99.4 Å². The summed E-state index contributed by atoms with van der Waals surface area (Å²) in [6.07, 6.45) is 7.95. The van der Waals surface area contributed by atoms with Crippen LogP contribution < -0.4 is 0 Å². The van der Waals surface area contributed by atoms with Gasteiger partial charge >= 0.3 is 11.9 Å². The second-order valence-electron chi connectivity index (χ2n) is 4.61. The molecule has 20 heavy (non-hydrogen) atoms. The van der Waals surface area contributed by atoms with Crippen LogP contribution in [0.5, 0.6) is 0 Å². The number of nitrogens with zero attached hydrogens (tertiary/aromatic N) is 2. The zero-order valence-electron chi connectivity index (χ0n) is 11.7. The minimum atomic E-state index is -1.82. The standard InChI is InChI=1S/C11H18N2O.C2H2O4/c1-3-14-12-8-9-4-5-10-6-7-11(9)13(10)2;3-1(4)2(5)6/h4,8,10-11H,3,5-7H2,1-2H3;(H,3,4)(H,5,6)/b12-8+;. The molecule has 2 aliphatic heterocycles. The van der Waals surface area contributed by atoms with Crippen LogP contribution in [-0.2, 0) is 14.4 Å². The van der Waals surface area contributed by atoms with E-state index in [2.05, 4.69) is 23.2 Å². The number of likely N-dealkylation sites (N-methyl/N-ethyl adjacent to an activating group) is 1. The zero-order valence-corrected chi connectivity index (χ0v) is 11.7. The monoisotopic (exact) mass is 284 g/mol. The van der Waals surface area contributed by atoms with Gasteiger partial charge in [0, 0.05) is 12.1 Å². The molecule has 2 rings (SSSR count).